The van der Waals surface area contributed by atoms with Gasteiger partial charge in [-0.05, 0) is 30.9 Å². The molecule has 0 saturated carbocycles. The van der Waals surface area contributed by atoms with Crippen LogP contribution in [-0.2, 0) is 11.3 Å². The van der Waals surface area contributed by atoms with Crippen molar-refractivity contribution in [3.8, 4) is 0 Å². The second kappa shape index (κ2) is 9.25. The zero-order valence-corrected chi connectivity index (χ0v) is 12.3. The summed E-state index contributed by atoms with van der Waals surface area (Å²) in [5, 5.41) is 12.1. The highest BCUT2D eigenvalue weighted by molar-refractivity contribution is 7.98. The highest BCUT2D eigenvalue weighted by Crippen LogP contribution is 2.05. The number of thioether (sulfide) groups is 1. The molecular weight excluding hydrogens is 270 g/mol. The molecule has 0 aliphatic carbocycles. The molecule has 1 rings (SSSR count). The van der Waals surface area contributed by atoms with Crippen molar-refractivity contribution in [2.24, 2.45) is 0 Å². The van der Waals surface area contributed by atoms with Crippen LogP contribution in [0.1, 0.15) is 17.5 Å². The van der Waals surface area contributed by atoms with E-state index in [4.69, 9.17) is 5.11 Å². The van der Waals surface area contributed by atoms with Gasteiger partial charge in [-0.2, -0.15) is 11.8 Å². The van der Waals surface area contributed by atoms with Gasteiger partial charge in [0.2, 0.25) is 0 Å². The fraction of sp³-hybridized carbons (Fsp3) is 0.462. The van der Waals surface area contributed by atoms with Gasteiger partial charge in [-0.3, -0.25) is 4.79 Å². The summed E-state index contributed by atoms with van der Waals surface area (Å²) in [5.74, 6) is 0.0869. The highest BCUT2D eigenvalue weighted by atomic mass is 35.5. The van der Waals surface area contributed by atoms with Gasteiger partial charge < -0.3 is 10.4 Å². The van der Waals surface area contributed by atoms with E-state index in [1.54, 1.807) is 11.8 Å². The maximum absolute atomic E-state index is 11.0. The summed E-state index contributed by atoms with van der Waals surface area (Å²) in [6.07, 6.45) is 2.64. The van der Waals surface area contributed by atoms with Crippen LogP contribution >= 0.6 is 24.2 Å². The second-order valence-electron chi connectivity index (χ2n) is 4.04. The second-order valence-corrected chi connectivity index (χ2v) is 5.02. The van der Waals surface area contributed by atoms with Gasteiger partial charge >= 0.3 is 5.97 Å². The minimum absolute atomic E-state index is 0. The Morgan fingerprint density at radius 1 is 1.39 bits per heavy atom. The molecule has 0 spiro atoms. The molecule has 0 bridgehead atoms. The molecule has 0 aliphatic rings. The third-order valence-corrected chi connectivity index (χ3v) is 3.23. The molecule has 102 valence electrons. The summed E-state index contributed by atoms with van der Waals surface area (Å²) in [7, 11) is 0. The van der Waals surface area contributed by atoms with Gasteiger partial charge in [0.15, 0.2) is 0 Å². The Morgan fingerprint density at radius 2 is 2.00 bits per heavy atom. The first-order valence-electron chi connectivity index (χ1n) is 5.64. The molecule has 5 heteroatoms. The summed E-state index contributed by atoms with van der Waals surface area (Å²) in [5.41, 5.74) is 2.33. The van der Waals surface area contributed by atoms with Crippen molar-refractivity contribution in [3.63, 3.8) is 0 Å². The fourth-order valence-corrected chi connectivity index (χ4v) is 1.97. The Bertz CT molecular complexity index is 357. The van der Waals surface area contributed by atoms with Crippen molar-refractivity contribution in [2.75, 3.05) is 12.0 Å². The van der Waals surface area contributed by atoms with Crippen LogP contribution in [0, 0.1) is 6.92 Å². The van der Waals surface area contributed by atoms with E-state index < -0.39 is 12.0 Å². The standard InChI is InChI=1S/C13H19NO2S.ClH/c1-10-3-5-11(6-4-10)9-14-12(13(15)16)7-8-17-2;/h3-6,12,14H,7-9H2,1-2H3,(H,15,16);1H. The van der Waals surface area contributed by atoms with Crippen molar-refractivity contribution in [1.29, 1.82) is 0 Å². The largest absolute Gasteiger partial charge is 0.480 e. The SMILES string of the molecule is CSCCC(NCc1ccc(C)cc1)C(=O)O.Cl. The topological polar surface area (TPSA) is 49.3 Å². The number of carboxylic acid groups (broad SMARTS) is 1. The first kappa shape index (κ1) is 17.3. The molecule has 1 atom stereocenters. The van der Waals surface area contributed by atoms with Crippen molar-refractivity contribution < 1.29 is 9.90 Å². The predicted octanol–water partition coefficient (Wildman–Crippen LogP) is 2.71. The van der Waals surface area contributed by atoms with Gasteiger partial charge in [-0.1, -0.05) is 29.8 Å². The lowest BCUT2D eigenvalue weighted by molar-refractivity contribution is -0.139. The maximum atomic E-state index is 11.0. The lowest BCUT2D eigenvalue weighted by Gasteiger charge is -2.13. The number of carbonyl (C=O) groups is 1. The van der Waals surface area contributed by atoms with Crippen LogP contribution in [0.2, 0.25) is 0 Å². The zero-order chi connectivity index (χ0) is 12.7. The molecule has 1 aromatic carbocycles. The summed E-state index contributed by atoms with van der Waals surface area (Å²) in [4.78, 5) is 11.0. The average molecular weight is 290 g/mol. The van der Waals surface area contributed by atoms with Crippen molar-refractivity contribution in [3.05, 3.63) is 35.4 Å². The molecule has 0 aromatic heterocycles. The summed E-state index contributed by atoms with van der Waals surface area (Å²) < 4.78 is 0. The van der Waals surface area contributed by atoms with Crippen LogP contribution in [0.25, 0.3) is 0 Å². The monoisotopic (exact) mass is 289 g/mol. The normalized spacial score (nSPS) is 11.7. The van der Waals surface area contributed by atoms with E-state index in [1.165, 1.54) is 5.56 Å². The molecule has 0 aliphatic heterocycles. The van der Waals surface area contributed by atoms with Gasteiger partial charge in [0.1, 0.15) is 6.04 Å². The molecule has 1 aromatic rings. The van der Waals surface area contributed by atoms with E-state index in [2.05, 4.69) is 5.32 Å². The van der Waals surface area contributed by atoms with Crippen LogP contribution in [0.5, 0.6) is 0 Å². The number of hydrogen-bond donors (Lipinski definition) is 2. The molecule has 3 nitrogen and oxygen atoms in total. The molecule has 0 fully saturated rings. The average Bonchev–Trinajstić information content (AvgIpc) is 2.31. The number of hydrogen-bond acceptors (Lipinski definition) is 3. The van der Waals surface area contributed by atoms with E-state index >= 15 is 0 Å². The first-order chi connectivity index (χ1) is 8.13. The van der Waals surface area contributed by atoms with Crippen molar-refractivity contribution in [1.82, 2.24) is 5.32 Å². The van der Waals surface area contributed by atoms with Gasteiger partial charge in [0.25, 0.3) is 0 Å². The molecule has 2 N–H and O–H groups in total. The van der Waals surface area contributed by atoms with Gasteiger partial charge in [-0.15, -0.1) is 12.4 Å². The zero-order valence-electron chi connectivity index (χ0n) is 10.7. The van der Waals surface area contributed by atoms with E-state index in [9.17, 15) is 4.79 Å². The molecule has 0 amide bonds. The number of benzene rings is 1. The fourth-order valence-electron chi connectivity index (χ4n) is 1.50. The quantitative estimate of drug-likeness (QED) is 0.810. The number of aryl methyl sites for hydroxylation is 1. The van der Waals surface area contributed by atoms with E-state index in [0.29, 0.717) is 13.0 Å². The van der Waals surface area contributed by atoms with Crippen LogP contribution in [0.4, 0.5) is 0 Å². The number of nitrogens with one attached hydrogen (secondary N) is 1. The predicted molar refractivity (Wildman–Crippen MR) is 79.7 cm³/mol. The van der Waals surface area contributed by atoms with E-state index in [-0.39, 0.29) is 12.4 Å². The van der Waals surface area contributed by atoms with Crippen molar-refractivity contribution in [2.45, 2.75) is 25.9 Å². The molecule has 0 saturated heterocycles. The van der Waals surface area contributed by atoms with Crippen LogP contribution in [0.15, 0.2) is 24.3 Å². The minimum atomic E-state index is -0.772. The van der Waals surface area contributed by atoms with Crippen LogP contribution in [0.3, 0.4) is 0 Å². The lowest BCUT2D eigenvalue weighted by Crippen LogP contribution is -2.36. The molecule has 1 unspecified atom stereocenters. The third-order valence-electron chi connectivity index (χ3n) is 2.58. The Labute approximate surface area is 119 Å². The van der Waals surface area contributed by atoms with Gasteiger partial charge in [0, 0.05) is 6.54 Å². The van der Waals surface area contributed by atoms with Gasteiger partial charge in [-0.25, -0.2) is 0 Å². The number of carboxylic acids is 1. The first-order valence-corrected chi connectivity index (χ1v) is 7.03. The van der Waals surface area contributed by atoms with E-state index in [0.717, 1.165) is 11.3 Å². The minimum Gasteiger partial charge on any atom is -0.480 e. The molecule has 0 radical (unpaired) electrons. The lowest BCUT2D eigenvalue weighted by atomic mass is 10.1. The molecule has 0 heterocycles. The molecule has 18 heavy (non-hydrogen) atoms. The number of aliphatic carboxylic acids is 1. The smallest absolute Gasteiger partial charge is 0.320 e. The Hall–Kier alpha value is -0.710. The maximum Gasteiger partial charge on any atom is 0.320 e. The van der Waals surface area contributed by atoms with Crippen LogP contribution < -0.4 is 5.32 Å². The highest BCUT2D eigenvalue weighted by Gasteiger charge is 2.15. The Balaban J connectivity index is 0.00000289. The number of halogens is 1. The van der Waals surface area contributed by atoms with Gasteiger partial charge in [0.05, 0.1) is 0 Å². The number of rotatable bonds is 7. The molecular formula is C13H20ClNO2S. The Kier molecular flexibility index (Phi) is 8.89. The van der Waals surface area contributed by atoms with E-state index in [1.807, 2.05) is 37.4 Å². The third kappa shape index (κ3) is 6.28. The summed E-state index contributed by atoms with van der Waals surface area (Å²) >= 11 is 1.67. The van der Waals surface area contributed by atoms with Crippen molar-refractivity contribution >= 4 is 30.1 Å². The summed E-state index contributed by atoms with van der Waals surface area (Å²) in [6, 6.07) is 7.67. The van der Waals surface area contributed by atoms with Crippen LogP contribution in [-0.4, -0.2) is 29.1 Å². The Morgan fingerprint density at radius 3 is 2.50 bits per heavy atom. The summed E-state index contributed by atoms with van der Waals surface area (Å²) in [6.45, 7) is 2.64.